The number of piperidine rings is 1. The number of hydrogen-bond donors (Lipinski definition) is 1. The molecule has 1 fully saturated rings. The molecule has 29 heavy (non-hydrogen) atoms. The molecule has 0 unspecified atom stereocenters. The van der Waals surface area contributed by atoms with Crippen LogP contribution in [0.15, 0.2) is 35.1 Å². The van der Waals surface area contributed by atoms with Gasteiger partial charge in [-0.3, -0.25) is 14.4 Å². The highest BCUT2D eigenvalue weighted by Crippen LogP contribution is 2.23. The van der Waals surface area contributed by atoms with Crippen LogP contribution in [0, 0.1) is 31.1 Å². The number of aromatic nitrogens is 1. The number of benzene rings is 1. The number of carbonyl (C=O) groups excluding carboxylic acids is 2. The maximum absolute atomic E-state index is 12.7. The van der Waals surface area contributed by atoms with E-state index in [2.05, 4.69) is 4.98 Å². The number of rotatable bonds is 5. The van der Waals surface area contributed by atoms with Crippen LogP contribution in [0.2, 0.25) is 0 Å². The van der Waals surface area contributed by atoms with Crippen molar-refractivity contribution < 1.29 is 9.59 Å². The van der Waals surface area contributed by atoms with E-state index in [4.69, 9.17) is 0 Å². The Labute approximate surface area is 170 Å². The SMILES string of the molecule is Cc1[nH]c(=O)c(C#N)c(C)c1CCC(=O)N1CCC(C(=O)c2ccccc2)CC1. The summed E-state index contributed by atoms with van der Waals surface area (Å²) in [5, 5.41) is 9.18. The summed E-state index contributed by atoms with van der Waals surface area (Å²) in [6.07, 6.45) is 2.14. The number of likely N-dealkylation sites (tertiary alicyclic amines) is 1. The molecule has 3 rings (SSSR count). The molecule has 1 aromatic heterocycles. The molecule has 2 aromatic rings. The fraction of sp³-hybridized carbons (Fsp3) is 0.391. The van der Waals surface area contributed by atoms with Crippen molar-refractivity contribution in [1.82, 2.24) is 9.88 Å². The summed E-state index contributed by atoms with van der Waals surface area (Å²) in [5.41, 5.74) is 2.65. The van der Waals surface area contributed by atoms with Crippen LogP contribution in [0.5, 0.6) is 0 Å². The maximum atomic E-state index is 12.7. The standard InChI is InChI=1S/C23H25N3O3/c1-15-19(16(2)25-23(29)20(15)14-24)8-9-21(27)26-12-10-18(11-13-26)22(28)17-6-4-3-5-7-17/h3-7,18H,8-13H2,1-2H3,(H,25,29). The summed E-state index contributed by atoms with van der Waals surface area (Å²) in [7, 11) is 0. The predicted octanol–water partition coefficient (Wildman–Crippen LogP) is 2.92. The predicted molar refractivity (Wildman–Crippen MR) is 110 cm³/mol. The minimum atomic E-state index is -0.386. The molecule has 1 N–H and O–H groups in total. The van der Waals surface area contributed by atoms with Crippen LogP contribution in [-0.2, 0) is 11.2 Å². The zero-order valence-corrected chi connectivity index (χ0v) is 16.8. The zero-order valence-electron chi connectivity index (χ0n) is 16.8. The number of nitriles is 1. The van der Waals surface area contributed by atoms with Gasteiger partial charge in [-0.25, -0.2) is 0 Å². The van der Waals surface area contributed by atoms with Crippen molar-refractivity contribution in [1.29, 1.82) is 5.26 Å². The van der Waals surface area contributed by atoms with Gasteiger partial charge < -0.3 is 9.88 Å². The number of hydrogen-bond acceptors (Lipinski definition) is 4. The Kier molecular flexibility index (Phi) is 6.28. The third-order valence-electron chi connectivity index (χ3n) is 5.79. The molecule has 2 heterocycles. The second-order valence-corrected chi connectivity index (χ2v) is 7.55. The molecule has 0 radical (unpaired) electrons. The summed E-state index contributed by atoms with van der Waals surface area (Å²) >= 11 is 0. The number of ketones is 1. The second kappa shape index (κ2) is 8.87. The number of Topliss-reactive ketones (excluding diaryl/α,β-unsaturated/α-hetero) is 1. The van der Waals surface area contributed by atoms with Crippen molar-refractivity contribution in [2.24, 2.45) is 5.92 Å². The van der Waals surface area contributed by atoms with Crippen LogP contribution in [-0.4, -0.2) is 34.7 Å². The molecule has 0 atom stereocenters. The van der Waals surface area contributed by atoms with Crippen molar-refractivity contribution in [2.45, 2.75) is 39.5 Å². The first-order valence-corrected chi connectivity index (χ1v) is 9.92. The Hall–Kier alpha value is -3.20. The van der Waals surface area contributed by atoms with Crippen molar-refractivity contribution >= 4 is 11.7 Å². The van der Waals surface area contributed by atoms with Crippen LogP contribution in [0.1, 0.15) is 52.0 Å². The van der Waals surface area contributed by atoms with Crippen LogP contribution >= 0.6 is 0 Å². The molecule has 6 nitrogen and oxygen atoms in total. The van der Waals surface area contributed by atoms with Gasteiger partial charge in [0.05, 0.1) is 0 Å². The summed E-state index contributed by atoms with van der Waals surface area (Å²) < 4.78 is 0. The highest BCUT2D eigenvalue weighted by molar-refractivity contribution is 5.98. The van der Waals surface area contributed by atoms with Gasteiger partial charge in [0.1, 0.15) is 11.6 Å². The van der Waals surface area contributed by atoms with Gasteiger partial charge in [-0.2, -0.15) is 5.26 Å². The molecule has 1 aliphatic rings. The summed E-state index contributed by atoms with van der Waals surface area (Å²) in [5.74, 6) is 0.156. The van der Waals surface area contributed by atoms with Crippen LogP contribution in [0.3, 0.4) is 0 Å². The van der Waals surface area contributed by atoms with Gasteiger partial charge >= 0.3 is 0 Å². The highest BCUT2D eigenvalue weighted by Gasteiger charge is 2.28. The number of nitrogens with one attached hydrogen (secondary N) is 1. The molecular formula is C23H25N3O3. The molecule has 0 aliphatic carbocycles. The molecule has 0 spiro atoms. The Morgan fingerprint density at radius 1 is 1.17 bits per heavy atom. The average molecular weight is 391 g/mol. The van der Waals surface area contributed by atoms with Crippen LogP contribution < -0.4 is 5.56 Å². The van der Waals surface area contributed by atoms with E-state index in [-0.39, 0.29) is 28.7 Å². The molecular weight excluding hydrogens is 366 g/mol. The lowest BCUT2D eigenvalue weighted by Crippen LogP contribution is -2.40. The van der Waals surface area contributed by atoms with E-state index >= 15 is 0 Å². The largest absolute Gasteiger partial charge is 0.343 e. The van der Waals surface area contributed by atoms with E-state index in [1.807, 2.05) is 41.3 Å². The fourth-order valence-electron chi connectivity index (χ4n) is 4.04. The molecule has 0 saturated carbocycles. The van der Waals surface area contributed by atoms with Gasteiger partial charge in [-0.1, -0.05) is 30.3 Å². The highest BCUT2D eigenvalue weighted by atomic mass is 16.2. The fourth-order valence-corrected chi connectivity index (χ4v) is 4.04. The molecule has 0 bridgehead atoms. The van der Waals surface area contributed by atoms with Gasteiger partial charge in [-0.15, -0.1) is 0 Å². The van der Waals surface area contributed by atoms with Crippen molar-refractivity contribution in [3.05, 3.63) is 68.6 Å². The number of aromatic amines is 1. The van der Waals surface area contributed by atoms with Gasteiger partial charge in [-0.05, 0) is 44.2 Å². The average Bonchev–Trinajstić information content (AvgIpc) is 2.73. The third kappa shape index (κ3) is 4.45. The van der Waals surface area contributed by atoms with Crippen LogP contribution in [0.4, 0.5) is 0 Å². The maximum Gasteiger partial charge on any atom is 0.266 e. The van der Waals surface area contributed by atoms with E-state index in [0.717, 1.165) is 11.1 Å². The normalized spacial score (nSPS) is 14.4. The van der Waals surface area contributed by atoms with Gasteiger partial charge in [0, 0.05) is 36.7 Å². The van der Waals surface area contributed by atoms with E-state index in [1.165, 1.54) is 0 Å². The molecule has 1 aromatic carbocycles. The summed E-state index contributed by atoms with van der Waals surface area (Å²) in [6, 6.07) is 11.2. The zero-order chi connectivity index (χ0) is 21.0. The number of carbonyl (C=O) groups is 2. The Morgan fingerprint density at radius 3 is 2.45 bits per heavy atom. The molecule has 1 saturated heterocycles. The number of nitrogens with zero attached hydrogens (tertiary/aromatic N) is 2. The van der Waals surface area contributed by atoms with E-state index < -0.39 is 0 Å². The van der Waals surface area contributed by atoms with Gasteiger partial charge in [0.2, 0.25) is 5.91 Å². The van der Waals surface area contributed by atoms with Crippen LogP contribution in [0.25, 0.3) is 0 Å². The Morgan fingerprint density at radius 2 is 1.83 bits per heavy atom. The van der Waals surface area contributed by atoms with Gasteiger partial charge in [0.25, 0.3) is 5.56 Å². The molecule has 150 valence electrons. The van der Waals surface area contributed by atoms with Gasteiger partial charge in [0.15, 0.2) is 5.78 Å². The smallest absolute Gasteiger partial charge is 0.266 e. The molecule has 6 heteroatoms. The monoisotopic (exact) mass is 391 g/mol. The third-order valence-corrected chi connectivity index (χ3v) is 5.79. The van der Waals surface area contributed by atoms with Crippen molar-refractivity contribution in [2.75, 3.05) is 13.1 Å². The summed E-state index contributed by atoms with van der Waals surface area (Å²) in [6.45, 7) is 4.70. The lowest BCUT2D eigenvalue weighted by atomic mass is 9.88. The Balaban J connectivity index is 1.58. The quantitative estimate of drug-likeness (QED) is 0.793. The lowest BCUT2D eigenvalue weighted by molar-refractivity contribution is -0.132. The first-order valence-electron chi connectivity index (χ1n) is 9.92. The minimum Gasteiger partial charge on any atom is -0.343 e. The van der Waals surface area contributed by atoms with Crippen molar-refractivity contribution in [3.63, 3.8) is 0 Å². The van der Waals surface area contributed by atoms with E-state index in [9.17, 15) is 19.6 Å². The number of pyridine rings is 1. The minimum absolute atomic E-state index is 0.0386. The van der Waals surface area contributed by atoms with E-state index in [0.29, 0.717) is 50.0 Å². The number of amides is 1. The second-order valence-electron chi connectivity index (χ2n) is 7.55. The lowest BCUT2D eigenvalue weighted by Gasteiger charge is -2.31. The first kappa shape index (κ1) is 20.5. The first-order chi connectivity index (χ1) is 13.9. The number of aryl methyl sites for hydroxylation is 1. The van der Waals surface area contributed by atoms with E-state index in [1.54, 1.807) is 13.8 Å². The summed E-state index contributed by atoms with van der Waals surface area (Å²) in [4.78, 5) is 41.6. The molecule has 1 amide bonds. The number of H-pyrrole nitrogens is 1. The molecule has 1 aliphatic heterocycles. The van der Waals surface area contributed by atoms with Crippen molar-refractivity contribution in [3.8, 4) is 6.07 Å². The Bertz CT molecular complexity index is 1010. The topological polar surface area (TPSA) is 94.0 Å².